The minimum atomic E-state index is 0.141. The Morgan fingerprint density at radius 3 is 2.71 bits per heavy atom. The van der Waals surface area contributed by atoms with Crippen LogP contribution in [0.5, 0.6) is 0 Å². The summed E-state index contributed by atoms with van der Waals surface area (Å²) in [5.41, 5.74) is 6.19. The van der Waals surface area contributed by atoms with E-state index < -0.39 is 0 Å². The van der Waals surface area contributed by atoms with Crippen LogP contribution in [0.3, 0.4) is 0 Å². The third-order valence-electron chi connectivity index (χ3n) is 4.56. The third-order valence-corrected chi connectivity index (χ3v) is 5.47. The fourth-order valence-corrected chi connectivity index (χ4v) is 4.01. The molecule has 2 fully saturated rings. The molecule has 2 saturated carbocycles. The average molecular weight is 307 g/mol. The highest BCUT2D eigenvalue weighted by Crippen LogP contribution is 2.32. The van der Waals surface area contributed by atoms with Crippen molar-refractivity contribution in [2.24, 2.45) is 11.7 Å². The maximum absolute atomic E-state index is 12.8. The molecule has 2 N–H and O–H groups in total. The average Bonchev–Trinajstić information content (AvgIpc) is 3.25. The summed E-state index contributed by atoms with van der Waals surface area (Å²) in [7, 11) is 0. The summed E-state index contributed by atoms with van der Waals surface area (Å²) < 4.78 is 0. The second-order valence-corrected chi connectivity index (χ2v) is 7.30. The van der Waals surface area contributed by atoms with Gasteiger partial charge >= 0.3 is 0 Å². The number of carbonyl (C=O) groups excluding carboxylic acids is 1. The van der Waals surface area contributed by atoms with Crippen molar-refractivity contribution < 1.29 is 4.79 Å². The predicted octanol–water partition coefficient (Wildman–Crippen LogP) is 2.83. The molecule has 0 saturated heterocycles. The Morgan fingerprint density at radius 1 is 1.29 bits per heavy atom. The van der Waals surface area contributed by atoms with Gasteiger partial charge in [-0.1, -0.05) is 19.3 Å². The van der Waals surface area contributed by atoms with Crippen molar-refractivity contribution in [1.82, 2.24) is 9.88 Å². The molecule has 1 aromatic heterocycles. The van der Waals surface area contributed by atoms with Gasteiger partial charge in [-0.3, -0.25) is 4.79 Å². The van der Waals surface area contributed by atoms with Crippen LogP contribution in [-0.4, -0.2) is 34.9 Å². The molecule has 4 nitrogen and oxygen atoms in total. The van der Waals surface area contributed by atoms with Gasteiger partial charge < -0.3 is 10.6 Å². The molecule has 2 aliphatic rings. The van der Waals surface area contributed by atoms with Crippen molar-refractivity contribution in [3.63, 3.8) is 0 Å². The van der Waals surface area contributed by atoms with Crippen LogP contribution >= 0.6 is 11.3 Å². The Kier molecular flexibility index (Phi) is 4.91. The zero-order valence-electron chi connectivity index (χ0n) is 12.6. The van der Waals surface area contributed by atoms with Gasteiger partial charge in [0.2, 0.25) is 0 Å². The summed E-state index contributed by atoms with van der Waals surface area (Å²) in [6, 6.07) is 0.471. The molecule has 5 heteroatoms. The molecule has 1 amide bonds. The van der Waals surface area contributed by atoms with Gasteiger partial charge in [-0.05, 0) is 38.1 Å². The molecule has 0 aliphatic heterocycles. The van der Waals surface area contributed by atoms with Crippen LogP contribution in [-0.2, 0) is 6.42 Å². The second kappa shape index (κ2) is 6.88. The first-order valence-electron chi connectivity index (χ1n) is 8.23. The Hall–Kier alpha value is -0.940. The van der Waals surface area contributed by atoms with E-state index in [1.54, 1.807) is 11.3 Å². The molecule has 3 rings (SSSR count). The van der Waals surface area contributed by atoms with Crippen LogP contribution in [0.25, 0.3) is 0 Å². The highest BCUT2D eigenvalue weighted by Gasteiger charge is 2.35. The monoisotopic (exact) mass is 307 g/mol. The lowest BCUT2D eigenvalue weighted by atomic mass is 9.89. The largest absolute Gasteiger partial charge is 0.334 e. The van der Waals surface area contributed by atoms with Gasteiger partial charge in [-0.2, -0.15) is 0 Å². The van der Waals surface area contributed by atoms with E-state index in [9.17, 15) is 4.79 Å². The molecule has 0 spiro atoms. The summed E-state index contributed by atoms with van der Waals surface area (Å²) in [4.78, 5) is 19.3. The van der Waals surface area contributed by atoms with E-state index in [2.05, 4.69) is 9.88 Å². The number of hydrogen-bond donors (Lipinski definition) is 1. The van der Waals surface area contributed by atoms with Crippen molar-refractivity contribution in [1.29, 1.82) is 0 Å². The van der Waals surface area contributed by atoms with Crippen LogP contribution in [0.15, 0.2) is 5.38 Å². The van der Waals surface area contributed by atoms with Gasteiger partial charge in [0.1, 0.15) is 5.69 Å². The Morgan fingerprint density at radius 2 is 2.05 bits per heavy atom. The molecule has 0 radical (unpaired) electrons. The van der Waals surface area contributed by atoms with Gasteiger partial charge in [0.15, 0.2) is 0 Å². The van der Waals surface area contributed by atoms with Gasteiger partial charge in [0, 0.05) is 24.4 Å². The standard InChI is InChI=1S/C16H25N3OS/c17-9-8-15-18-14(11-21-15)16(20)19(13-6-7-13)10-12-4-2-1-3-5-12/h11-13H,1-10,17H2. The lowest BCUT2D eigenvalue weighted by Gasteiger charge is -2.29. The first kappa shape index (κ1) is 15.0. The predicted molar refractivity (Wildman–Crippen MR) is 85.5 cm³/mol. The van der Waals surface area contributed by atoms with Crippen molar-refractivity contribution in [2.75, 3.05) is 13.1 Å². The molecule has 0 atom stereocenters. The number of carbonyl (C=O) groups is 1. The smallest absolute Gasteiger partial charge is 0.273 e. The molecule has 0 aromatic carbocycles. The molecule has 0 bridgehead atoms. The Bertz CT molecular complexity index is 478. The van der Waals surface area contributed by atoms with E-state index in [4.69, 9.17) is 5.73 Å². The minimum absolute atomic E-state index is 0.141. The summed E-state index contributed by atoms with van der Waals surface area (Å²) >= 11 is 1.56. The normalized spacial score (nSPS) is 19.7. The van der Waals surface area contributed by atoms with Crippen molar-refractivity contribution >= 4 is 17.2 Å². The second-order valence-electron chi connectivity index (χ2n) is 6.36. The first-order chi connectivity index (χ1) is 10.3. The maximum Gasteiger partial charge on any atom is 0.273 e. The third kappa shape index (κ3) is 3.83. The molecule has 0 unspecified atom stereocenters. The zero-order chi connectivity index (χ0) is 14.7. The fourth-order valence-electron chi connectivity index (χ4n) is 3.23. The topological polar surface area (TPSA) is 59.2 Å². The SMILES string of the molecule is NCCc1nc(C(=O)N(CC2CCCCC2)C2CC2)cs1. The van der Waals surface area contributed by atoms with E-state index >= 15 is 0 Å². The van der Waals surface area contributed by atoms with Crippen LogP contribution < -0.4 is 5.73 Å². The fraction of sp³-hybridized carbons (Fsp3) is 0.750. The number of nitrogens with zero attached hydrogens (tertiary/aromatic N) is 2. The van der Waals surface area contributed by atoms with Crippen LogP contribution in [0, 0.1) is 5.92 Å². The quantitative estimate of drug-likeness (QED) is 0.879. The molecular formula is C16H25N3OS. The van der Waals surface area contributed by atoms with Crippen LogP contribution in [0.1, 0.15) is 60.4 Å². The summed E-state index contributed by atoms with van der Waals surface area (Å²) in [5.74, 6) is 0.841. The van der Waals surface area contributed by atoms with Gasteiger partial charge in [-0.15, -0.1) is 11.3 Å². The maximum atomic E-state index is 12.8. The van der Waals surface area contributed by atoms with E-state index in [0.29, 0.717) is 24.2 Å². The minimum Gasteiger partial charge on any atom is -0.334 e. The number of amides is 1. The lowest BCUT2D eigenvalue weighted by Crippen LogP contribution is -2.38. The Labute approximate surface area is 130 Å². The van der Waals surface area contributed by atoms with Crippen molar-refractivity contribution in [3.05, 3.63) is 16.1 Å². The highest BCUT2D eigenvalue weighted by atomic mass is 32.1. The lowest BCUT2D eigenvalue weighted by molar-refractivity contribution is 0.0693. The Balaban J connectivity index is 1.65. The van der Waals surface area contributed by atoms with Gasteiger partial charge in [0.05, 0.1) is 5.01 Å². The number of nitrogens with two attached hydrogens (primary N) is 1. The van der Waals surface area contributed by atoms with Crippen molar-refractivity contribution in [2.45, 2.75) is 57.4 Å². The molecular weight excluding hydrogens is 282 g/mol. The van der Waals surface area contributed by atoms with Crippen molar-refractivity contribution in [3.8, 4) is 0 Å². The molecule has 116 valence electrons. The summed E-state index contributed by atoms with van der Waals surface area (Å²) in [6.45, 7) is 1.53. The van der Waals surface area contributed by atoms with E-state index in [1.807, 2.05) is 5.38 Å². The number of hydrogen-bond acceptors (Lipinski definition) is 4. The molecule has 1 heterocycles. The van der Waals surface area contributed by atoms with Gasteiger partial charge in [-0.25, -0.2) is 4.98 Å². The number of aromatic nitrogens is 1. The number of rotatable bonds is 6. The van der Waals surface area contributed by atoms with Crippen LogP contribution in [0.2, 0.25) is 0 Å². The molecule has 2 aliphatic carbocycles. The zero-order valence-corrected chi connectivity index (χ0v) is 13.4. The molecule has 21 heavy (non-hydrogen) atoms. The van der Waals surface area contributed by atoms with E-state index in [0.717, 1.165) is 30.8 Å². The summed E-state index contributed by atoms with van der Waals surface area (Å²) in [6.07, 6.45) is 9.68. The summed E-state index contributed by atoms with van der Waals surface area (Å²) in [5, 5.41) is 2.89. The van der Waals surface area contributed by atoms with Crippen LogP contribution in [0.4, 0.5) is 0 Å². The highest BCUT2D eigenvalue weighted by molar-refractivity contribution is 7.09. The molecule has 1 aromatic rings. The van der Waals surface area contributed by atoms with E-state index in [-0.39, 0.29) is 5.91 Å². The first-order valence-corrected chi connectivity index (χ1v) is 9.11. The van der Waals surface area contributed by atoms with E-state index in [1.165, 1.54) is 32.1 Å². The number of thiazole rings is 1. The van der Waals surface area contributed by atoms with Gasteiger partial charge in [0.25, 0.3) is 5.91 Å².